The lowest BCUT2D eigenvalue weighted by Crippen LogP contribution is -2.32. The Bertz CT molecular complexity index is 441. The standard InChI is InChI=1S/C19H31NO/c1-5-17(16-10-6-7-11-18(16)21-4)20-15-9-8-13-19(2,3)14-12-15/h6-7,10-11,15,17,20H,5,8-9,12-14H2,1-4H3. The molecule has 1 saturated carbocycles. The van der Waals surface area contributed by atoms with E-state index in [0.717, 1.165) is 12.2 Å². The zero-order valence-electron chi connectivity index (χ0n) is 14.1. The number of ether oxygens (including phenoxy) is 1. The highest BCUT2D eigenvalue weighted by Gasteiger charge is 2.26. The van der Waals surface area contributed by atoms with Crippen molar-refractivity contribution in [3.8, 4) is 5.75 Å². The van der Waals surface area contributed by atoms with E-state index in [9.17, 15) is 0 Å². The van der Waals surface area contributed by atoms with Gasteiger partial charge in [-0.05, 0) is 43.6 Å². The molecule has 1 aliphatic rings. The monoisotopic (exact) mass is 289 g/mol. The summed E-state index contributed by atoms with van der Waals surface area (Å²) in [5.41, 5.74) is 1.81. The van der Waals surface area contributed by atoms with Crippen LogP contribution in [0.25, 0.3) is 0 Å². The van der Waals surface area contributed by atoms with Crippen LogP contribution in [0.1, 0.15) is 70.9 Å². The molecule has 0 amide bonds. The zero-order valence-corrected chi connectivity index (χ0v) is 14.1. The number of hydrogen-bond acceptors (Lipinski definition) is 2. The maximum atomic E-state index is 5.54. The van der Waals surface area contributed by atoms with E-state index < -0.39 is 0 Å². The normalized spacial score (nSPS) is 23.3. The molecule has 2 atom stereocenters. The van der Waals surface area contributed by atoms with E-state index in [4.69, 9.17) is 4.74 Å². The van der Waals surface area contributed by atoms with Gasteiger partial charge in [-0.1, -0.05) is 45.4 Å². The fourth-order valence-electron chi connectivity index (χ4n) is 3.49. The van der Waals surface area contributed by atoms with Crippen LogP contribution in [0.2, 0.25) is 0 Å². The summed E-state index contributed by atoms with van der Waals surface area (Å²) in [5.74, 6) is 1.01. The van der Waals surface area contributed by atoms with Crippen molar-refractivity contribution in [2.24, 2.45) is 5.41 Å². The Kier molecular flexibility index (Phi) is 5.69. The third-order valence-electron chi connectivity index (χ3n) is 4.94. The molecular formula is C19H31NO. The molecule has 0 aliphatic heterocycles. The fourth-order valence-corrected chi connectivity index (χ4v) is 3.49. The van der Waals surface area contributed by atoms with Gasteiger partial charge >= 0.3 is 0 Å². The first-order chi connectivity index (χ1) is 10.1. The quantitative estimate of drug-likeness (QED) is 0.762. The minimum atomic E-state index is 0.396. The van der Waals surface area contributed by atoms with E-state index in [2.05, 4.69) is 44.3 Å². The maximum Gasteiger partial charge on any atom is 0.123 e. The lowest BCUT2D eigenvalue weighted by atomic mass is 9.85. The van der Waals surface area contributed by atoms with E-state index in [0.29, 0.717) is 17.5 Å². The molecule has 0 bridgehead atoms. The third kappa shape index (κ3) is 4.47. The van der Waals surface area contributed by atoms with Gasteiger partial charge in [0.05, 0.1) is 7.11 Å². The first-order valence-corrected chi connectivity index (χ1v) is 8.44. The van der Waals surface area contributed by atoms with E-state index in [1.807, 2.05) is 6.07 Å². The molecule has 0 aromatic heterocycles. The first-order valence-electron chi connectivity index (χ1n) is 8.44. The highest BCUT2D eigenvalue weighted by Crippen LogP contribution is 2.35. The number of rotatable bonds is 5. The van der Waals surface area contributed by atoms with Crippen LogP contribution in [0.15, 0.2) is 24.3 Å². The first kappa shape index (κ1) is 16.4. The van der Waals surface area contributed by atoms with Gasteiger partial charge in [0.25, 0.3) is 0 Å². The van der Waals surface area contributed by atoms with Crippen LogP contribution in [0.4, 0.5) is 0 Å². The highest BCUT2D eigenvalue weighted by atomic mass is 16.5. The molecule has 1 aliphatic carbocycles. The van der Waals surface area contributed by atoms with Crippen molar-refractivity contribution in [3.05, 3.63) is 29.8 Å². The number of para-hydroxylation sites is 1. The van der Waals surface area contributed by atoms with Gasteiger partial charge < -0.3 is 10.1 Å². The molecule has 0 spiro atoms. The smallest absolute Gasteiger partial charge is 0.123 e. The maximum absolute atomic E-state index is 5.54. The van der Waals surface area contributed by atoms with Crippen molar-refractivity contribution in [1.82, 2.24) is 5.32 Å². The molecule has 1 fully saturated rings. The van der Waals surface area contributed by atoms with Gasteiger partial charge in [-0.25, -0.2) is 0 Å². The van der Waals surface area contributed by atoms with E-state index in [1.54, 1.807) is 7.11 Å². The van der Waals surface area contributed by atoms with Crippen molar-refractivity contribution >= 4 is 0 Å². The minimum absolute atomic E-state index is 0.396. The molecule has 2 nitrogen and oxygen atoms in total. The topological polar surface area (TPSA) is 21.3 Å². The van der Waals surface area contributed by atoms with Crippen LogP contribution in [0, 0.1) is 5.41 Å². The van der Waals surface area contributed by atoms with Gasteiger partial charge in [-0.2, -0.15) is 0 Å². The molecule has 2 unspecified atom stereocenters. The van der Waals surface area contributed by atoms with E-state index in [1.165, 1.54) is 37.7 Å². The number of hydrogen-bond donors (Lipinski definition) is 1. The molecule has 1 aromatic rings. The van der Waals surface area contributed by atoms with Gasteiger partial charge in [0.15, 0.2) is 0 Å². The Balaban J connectivity index is 2.05. The molecule has 0 radical (unpaired) electrons. The van der Waals surface area contributed by atoms with Gasteiger partial charge in [0.2, 0.25) is 0 Å². The van der Waals surface area contributed by atoms with Gasteiger partial charge in [0, 0.05) is 17.6 Å². The molecule has 2 heteroatoms. The Morgan fingerprint density at radius 1 is 1.24 bits per heavy atom. The minimum Gasteiger partial charge on any atom is -0.496 e. The Hall–Kier alpha value is -1.02. The largest absolute Gasteiger partial charge is 0.496 e. The summed E-state index contributed by atoms with van der Waals surface area (Å²) in [6, 6.07) is 9.45. The molecule has 0 saturated heterocycles. The second-order valence-electron chi connectivity index (χ2n) is 7.16. The number of benzene rings is 1. The van der Waals surface area contributed by atoms with Gasteiger partial charge in [-0.15, -0.1) is 0 Å². The van der Waals surface area contributed by atoms with Crippen molar-refractivity contribution in [2.75, 3.05) is 7.11 Å². The van der Waals surface area contributed by atoms with Gasteiger partial charge in [-0.3, -0.25) is 0 Å². The van der Waals surface area contributed by atoms with Gasteiger partial charge in [0.1, 0.15) is 5.75 Å². The predicted molar refractivity (Wildman–Crippen MR) is 89.8 cm³/mol. The predicted octanol–water partition coefficient (Wildman–Crippen LogP) is 5.09. The van der Waals surface area contributed by atoms with Crippen LogP contribution < -0.4 is 10.1 Å². The lowest BCUT2D eigenvalue weighted by Gasteiger charge is -2.26. The number of nitrogens with one attached hydrogen (secondary N) is 1. The molecule has 21 heavy (non-hydrogen) atoms. The van der Waals surface area contributed by atoms with E-state index >= 15 is 0 Å². The van der Waals surface area contributed by atoms with Crippen LogP contribution in [0.3, 0.4) is 0 Å². The number of methoxy groups -OCH3 is 1. The third-order valence-corrected chi connectivity index (χ3v) is 4.94. The van der Waals surface area contributed by atoms with Crippen molar-refractivity contribution in [1.29, 1.82) is 0 Å². The highest BCUT2D eigenvalue weighted by molar-refractivity contribution is 5.35. The second kappa shape index (κ2) is 7.31. The summed E-state index contributed by atoms with van der Waals surface area (Å²) in [5, 5.41) is 3.89. The molecule has 1 aromatic carbocycles. The van der Waals surface area contributed by atoms with Crippen molar-refractivity contribution in [2.45, 2.75) is 71.4 Å². The summed E-state index contributed by atoms with van der Waals surface area (Å²) < 4.78 is 5.54. The summed E-state index contributed by atoms with van der Waals surface area (Å²) in [7, 11) is 1.76. The molecule has 0 heterocycles. The average molecular weight is 289 g/mol. The molecule has 1 N–H and O–H groups in total. The Morgan fingerprint density at radius 3 is 2.71 bits per heavy atom. The Labute approximate surface area is 130 Å². The second-order valence-corrected chi connectivity index (χ2v) is 7.16. The van der Waals surface area contributed by atoms with Crippen LogP contribution in [-0.2, 0) is 0 Å². The SMILES string of the molecule is CCC(NC1CCCC(C)(C)CC1)c1ccccc1OC. The van der Waals surface area contributed by atoms with Crippen molar-refractivity contribution < 1.29 is 4.74 Å². The summed E-state index contributed by atoms with van der Waals surface area (Å²) in [4.78, 5) is 0. The Morgan fingerprint density at radius 2 is 2.00 bits per heavy atom. The summed E-state index contributed by atoms with van der Waals surface area (Å²) in [6.07, 6.45) is 7.71. The van der Waals surface area contributed by atoms with E-state index in [-0.39, 0.29) is 0 Å². The zero-order chi connectivity index (χ0) is 15.3. The molecular weight excluding hydrogens is 258 g/mol. The molecule has 2 rings (SSSR count). The van der Waals surface area contributed by atoms with Crippen LogP contribution >= 0.6 is 0 Å². The fraction of sp³-hybridized carbons (Fsp3) is 0.684. The molecule has 118 valence electrons. The lowest BCUT2D eigenvalue weighted by molar-refractivity contribution is 0.305. The van der Waals surface area contributed by atoms with Crippen LogP contribution in [-0.4, -0.2) is 13.2 Å². The summed E-state index contributed by atoms with van der Waals surface area (Å²) >= 11 is 0. The summed E-state index contributed by atoms with van der Waals surface area (Å²) in [6.45, 7) is 7.07. The average Bonchev–Trinajstić information content (AvgIpc) is 2.65. The van der Waals surface area contributed by atoms with Crippen LogP contribution in [0.5, 0.6) is 5.75 Å². The van der Waals surface area contributed by atoms with Crippen molar-refractivity contribution in [3.63, 3.8) is 0 Å².